The predicted molar refractivity (Wildman–Crippen MR) is 45.7 cm³/mol. The highest BCUT2D eigenvalue weighted by atomic mass is 19.4. The molecule has 1 heterocycles. The van der Waals surface area contributed by atoms with Crippen molar-refractivity contribution in [2.24, 2.45) is 5.73 Å². The first kappa shape index (κ1) is 11.0. The van der Waals surface area contributed by atoms with Crippen molar-refractivity contribution in [1.29, 1.82) is 0 Å². The molecule has 0 aromatic carbocycles. The first-order valence-corrected chi connectivity index (χ1v) is 4.15. The van der Waals surface area contributed by atoms with Gasteiger partial charge in [-0.1, -0.05) is 0 Å². The minimum atomic E-state index is -4.37. The molecule has 0 aliphatic rings. The Labute approximate surface area is 79.7 Å². The van der Waals surface area contributed by atoms with E-state index in [2.05, 4.69) is 5.10 Å². The Morgan fingerprint density at radius 3 is 2.36 bits per heavy atom. The zero-order valence-corrected chi connectivity index (χ0v) is 7.92. The molecule has 0 aliphatic carbocycles. The fourth-order valence-corrected chi connectivity index (χ4v) is 1.27. The molecule has 0 aliphatic heterocycles. The van der Waals surface area contributed by atoms with Crippen molar-refractivity contribution in [3.63, 3.8) is 0 Å². The molecule has 1 rings (SSSR count). The second-order valence-electron chi connectivity index (χ2n) is 3.34. The topological polar surface area (TPSA) is 43.8 Å². The number of rotatable bonds is 2. The van der Waals surface area contributed by atoms with Gasteiger partial charge in [-0.3, -0.25) is 4.68 Å². The molecule has 0 bridgehead atoms. The molecule has 3 nitrogen and oxygen atoms in total. The van der Waals surface area contributed by atoms with E-state index >= 15 is 0 Å². The largest absolute Gasteiger partial charge is 0.412 e. The van der Waals surface area contributed by atoms with Crippen LogP contribution < -0.4 is 5.73 Å². The molecule has 0 amide bonds. The van der Waals surface area contributed by atoms with Gasteiger partial charge in [0.15, 0.2) is 6.04 Å². The van der Waals surface area contributed by atoms with Crippen LogP contribution in [0.3, 0.4) is 0 Å². The van der Waals surface area contributed by atoms with Gasteiger partial charge in [0, 0.05) is 12.2 Å². The normalized spacial score (nSPS) is 16.7. The van der Waals surface area contributed by atoms with Gasteiger partial charge in [-0.25, -0.2) is 0 Å². The third-order valence-electron chi connectivity index (χ3n) is 1.85. The first-order chi connectivity index (χ1) is 6.32. The van der Waals surface area contributed by atoms with Gasteiger partial charge >= 0.3 is 6.18 Å². The van der Waals surface area contributed by atoms with Crippen LogP contribution in [0.1, 0.15) is 18.5 Å². The fraction of sp³-hybridized carbons (Fsp3) is 0.625. The number of aryl methyl sites for hydroxylation is 1. The Kier molecular flexibility index (Phi) is 2.84. The Balaban J connectivity index is 3.01. The van der Waals surface area contributed by atoms with E-state index in [9.17, 15) is 13.2 Å². The minimum absolute atomic E-state index is 0.680. The molecule has 2 atom stereocenters. The number of halogens is 3. The summed E-state index contributed by atoms with van der Waals surface area (Å²) in [4.78, 5) is 0. The third kappa shape index (κ3) is 2.25. The number of hydrogen-bond acceptors (Lipinski definition) is 2. The Bertz CT molecular complexity index is 303. The van der Waals surface area contributed by atoms with Gasteiger partial charge in [-0.15, -0.1) is 0 Å². The highest BCUT2D eigenvalue weighted by molar-refractivity contribution is 5.01. The Morgan fingerprint density at radius 2 is 2.07 bits per heavy atom. The lowest BCUT2D eigenvalue weighted by Gasteiger charge is -2.23. The van der Waals surface area contributed by atoms with Crippen molar-refractivity contribution in [3.05, 3.63) is 18.0 Å². The Morgan fingerprint density at radius 1 is 1.50 bits per heavy atom. The lowest BCUT2D eigenvalue weighted by molar-refractivity contribution is -0.174. The summed E-state index contributed by atoms with van der Waals surface area (Å²) in [7, 11) is 0. The second-order valence-corrected chi connectivity index (χ2v) is 3.34. The molecule has 2 unspecified atom stereocenters. The van der Waals surface area contributed by atoms with E-state index in [1.54, 1.807) is 6.92 Å². The summed E-state index contributed by atoms with van der Waals surface area (Å²) in [5.41, 5.74) is 5.96. The smallest absolute Gasteiger partial charge is 0.326 e. The maximum atomic E-state index is 12.5. The van der Waals surface area contributed by atoms with E-state index in [1.165, 1.54) is 19.3 Å². The molecular weight excluding hydrogens is 195 g/mol. The van der Waals surface area contributed by atoms with Gasteiger partial charge in [0.05, 0.1) is 6.20 Å². The lowest BCUT2D eigenvalue weighted by atomic mass is 10.1. The summed E-state index contributed by atoms with van der Waals surface area (Å²) in [5.74, 6) is 0. The number of alkyl halides is 3. The highest BCUT2D eigenvalue weighted by Crippen LogP contribution is 2.31. The first-order valence-electron chi connectivity index (χ1n) is 4.15. The molecule has 2 N–H and O–H groups in total. The van der Waals surface area contributed by atoms with Gasteiger partial charge in [0.25, 0.3) is 0 Å². The average molecular weight is 207 g/mol. The lowest BCUT2D eigenvalue weighted by Crippen LogP contribution is -2.40. The molecule has 0 radical (unpaired) electrons. The van der Waals surface area contributed by atoms with Crippen molar-refractivity contribution in [1.82, 2.24) is 9.78 Å². The number of hydrogen-bond donors (Lipinski definition) is 1. The van der Waals surface area contributed by atoms with Crippen molar-refractivity contribution >= 4 is 0 Å². The zero-order chi connectivity index (χ0) is 10.9. The monoisotopic (exact) mass is 207 g/mol. The van der Waals surface area contributed by atoms with Crippen LogP contribution in [0.5, 0.6) is 0 Å². The van der Waals surface area contributed by atoms with Gasteiger partial charge in [-0.2, -0.15) is 18.3 Å². The number of aromatic nitrogens is 2. The summed E-state index contributed by atoms with van der Waals surface area (Å²) in [5, 5.41) is 3.62. The van der Waals surface area contributed by atoms with Crippen LogP contribution in [0.25, 0.3) is 0 Å². The Hall–Kier alpha value is -1.04. The minimum Gasteiger partial charge on any atom is -0.326 e. The van der Waals surface area contributed by atoms with Crippen molar-refractivity contribution < 1.29 is 13.2 Å². The molecule has 1 aromatic rings. The summed E-state index contributed by atoms with van der Waals surface area (Å²) >= 11 is 0. The quantitative estimate of drug-likeness (QED) is 0.801. The predicted octanol–water partition coefficient (Wildman–Crippen LogP) is 1.64. The SMILES string of the molecule is Cc1cnn(C(C(C)N)C(F)(F)F)c1. The second kappa shape index (κ2) is 3.61. The van der Waals surface area contributed by atoms with Gasteiger partial charge in [0.2, 0.25) is 0 Å². The van der Waals surface area contributed by atoms with Crippen LogP contribution in [-0.4, -0.2) is 22.0 Å². The fourth-order valence-electron chi connectivity index (χ4n) is 1.27. The van der Waals surface area contributed by atoms with E-state index < -0.39 is 18.3 Å². The summed E-state index contributed by atoms with van der Waals surface area (Å²) in [6, 6.07) is -2.77. The van der Waals surface area contributed by atoms with E-state index in [-0.39, 0.29) is 0 Å². The third-order valence-corrected chi connectivity index (χ3v) is 1.85. The number of nitrogens with two attached hydrogens (primary N) is 1. The molecule has 0 spiro atoms. The molecule has 1 aromatic heterocycles. The van der Waals surface area contributed by atoms with Crippen LogP contribution in [-0.2, 0) is 0 Å². The molecule has 80 valence electrons. The molecule has 0 fully saturated rings. The van der Waals surface area contributed by atoms with E-state index in [0.717, 1.165) is 4.68 Å². The summed E-state index contributed by atoms with van der Waals surface area (Å²) in [6.07, 6.45) is -1.66. The van der Waals surface area contributed by atoms with Crippen LogP contribution in [0, 0.1) is 6.92 Å². The average Bonchev–Trinajstić information content (AvgIpc) is 2.31. The van der Waals surface area contributed by atoms with Crippen molar-refractivity contribution in [2.75, 3.05) is 0 Å². The van der Waals surface area contributed by atoms with Crippen LogP contribution >= 0.6 is 0 Å². The molecule has 0 saturated heterocycles. The molecule has 14 heavy (non-hydrogen) atoms. The molecule has 0 saturated carbocycles. The standard InChI is InChI=1S/C8H12F3N3/c1-5-3-13-14(4-5)7(6(2)12)8(9,10)11/h3-4,6-7H,12H2,1-2H3. The van der Waals surface area contributed by atoms with E-state index in [4.69, 9.17) is 5.73 Å². The van der Waals surface area contributed by atoms with Gasteiger partial charge < -0.3 is 5.73 Å². The highest BCUT2D eigenvalue weighted by Gasteiger charge is 2.43. The molecular formula is C8H12F3N3. The van der Waals surface area contributed by atoms with Crippen molar-refractivity contribution in [3.8, 4) is 0 Å². The summed E-state index contributed by atoms with van der Waals surface area (Å²) < 4.78 is 38.4. The number of nitrogens with zero attached hydrogens (tertiary/aromatic N) is 2. The van der Waals surface area contributed by atoms with Crippen molar-refractivity contribution in [2.45, 2.75) is 32.1 Å². The maximum Gasteiger partial charge on any atom is 0.412 e. The van der Waals surface area contributed by atoms with Crippen LogP contribution in [0.2, 0.25) is 0 Å². The van der Waals surface area contributed by atoms with E-state index in [1.807, 2.05) is 0 Å². The van der Waals surface area contributed by atoms with Gasteiger partial charge in [-0.05, 0) is 19.4 Å². The van der Waals surface area contributed by atoms with Crippen LogP contribution in [0.15, 0.2) is 12.4 Å². The zero-order valence-electron chi connectivity index (χ0n) is 7.92. The van der Waals surface area contributed by atoms with E-state index in [0.29, 0.717) is 5.56 Å². The van der Waals surface area contributed by atoms with Gasteiger partial charge in [0.1, 0.15) is 0 Å². The summed E-state index contributed by atoms with van der Waals surface area (Å²) in [6.45, 7) is 2.99. The molecule has 6 heteroatoms. The maximum absolute atomic E-state index is 12.5. The van der Waals surface area contributed by atoms with Crippen LogP contribution in [0.4, 0.5) is 13.2 Å².